The number of carboxylic acid groups (broad SMARTS) is 2. The van der Waals surface area contributed by atoms with Gasteiger partial charge in [0.05, 0.1) is 12.5 Å². The van der Waals surface area contributed by atoms with Gasteiger partial charge in [-0.1, -0.05) is 44.2 Å². The molecule has 0 saturated heterocycles. The zero-order chi connectivity index (χ0) is 34.3. The predicted octanol–water partition coefficient (Wildman–Crippen LogP) is -1.99. The molecule has 0 saturated carbocycles. The fourth-order valence-electron chi connectivity index (χ4n) is 4.04. The second-order valence-electron chi connectivity index (χ2n) is 11.0. The summed E-state index contributed by atoms with van der Waals surface area (Å²) >= 11 is 0. The largest absolute Gasteiger partial charge is 0.481 e. The van der Waals surface area contributed by atoms with E-state index in [1.54, 1.807) is 44.2 Å². The summed E-state index contributed by atoms with van der Waals surface area (Å²) in [5, 5.41) is 39.5. The summed E-state index contributed by atoms with van der Waals surface area (Å²) in [6, 6.07) is 1.02. The Labute approximate surface area is 260 Å². The minimum atomic E-state index is -1.58. The van der Waals surface area contributed by atoms with Crippen LogP contribution in [-0.2, 0) is 40.0 Å². The minimum absolute atomic E-state index is 0.0260. The number of rotatable bonds is 19. The number of benzene rings is 1. The van der Waals surface area contributed by atoms with Crippen LogP contribution in [0.3, 0.4) is 0 Å². The number of amides is 5. The highest BCUT2D eigenvalue weighted by molar-refractivity contribution is 5.97. The van der Waals surface area contributed by atoms with Crippen LogP contribution in [0.5, 0.6) is 0 Å². The molecule has 0 fully saturated rings. The van der Waals surface area contributed by atoms with Gasteiger partial charge in [-0.15, -0.1) is 0 Å². The standard InChI is InChI=1S/C29H44N6O10/c1-15(2)12-22(29(44)45)35-28(43)20(13-18-8-6-5-7-9-18)33-25(40)17(4)31-24(39)16(3)32-27(42)21(14-23(37)38)34-26(41)19(30)10-11-36/h5-9,15-17,19-22,36H,10-14,30H2,1-4H3,(H,31,39)(H,32,42)(H,33,40)(H,34,41)(H,35,43)(H,37,38)(H,44,45)/t16-,17-,19-,20-,21-,22-/m0/s1. The van der Waals surface area contributed by atoms with Crippen LogP contribution in [0.4, 0.5) is 0 Å². The molecule has 1 aromatic carbocycles. The lowest BCUT2D eigenvalue weighted by Gasteiger charge is -2.25. The highest BCUT2D eigenvalue weighted by Gasteiger charge is 2.31. The van der Waals surface area contributed by atoms with Crippen molar-refractivity contribution in [3.63, 3.8) is 0 Å². The van der Waals surface area contributed by atoms with E-state index in [0.717, 1.165) is 0 Å². The van der Waals surface area contributed by atoms with Crippen molar-refractivity contribution < 1.29 is 48.9 Å². The van der Waals surface area contributed by atoms with Crippen LogP contribution in [-0.4, -0.2) is 99.7 Å². The van der Waals surface area contributed by atoms with Crippen LogP contribution in [0.2, 0.25) is 0 Å². The number of aliphatic hydroxyl groups excluding tert-OH is 1. The molecular formula is C29H44N6O10. The Bertz CT molecular complexity index is 1200. The molecular weight excluding hydrogens is 592 g/mol. The third kappa shape index (κ3) is 14.2. The molecule has 250 valence electrons. The molecule has 0 aliphatic rings. The van der Waals surface area contributed by atoms with Gasteiger partial charge in [0.2, 0.25) is 29.5 Å². The molecule has 0 aromatic heterocycles. The van der Waals surface area contributed by atoms with E-state index < -0.39 is 90.8 Å². The van der Waals surface area contributed by atoms with Crippen molar-refractivity contribution in [2.24, 2.45) is 11.7 Å². The number of nitrogens with two attached hydrogens (primary N) is 1. The highest BCUT2D eigenvalue weighted by atomic mass is 16.4. The summed E-state index contributed by atoms with van der Waals surface area (Å²) in [4.78, 5) is 86.8. The Morgan fingerprint density at radius 1 is 0.689 bits per heavy atom. The SMILES string of the molecule is CC(C)C[C@H](NC(=O)[C@H](Cc1ccccc1)NC(=O)[C@H](C)NC(=O)[C@H](C)NC(=O)[C@H](CC(=O)O)NC(=O)[C@@H](N)CCO)C(=O)O. The predicted molar refractivity (Wildman–Crippen MR) is 160 cm³/mol. The van der Waals surface area contributed by atoms with Crippen LogP contribution in [0, 0.1) is 5.92 Å². The maximum Gasteiger partial charge on any atom is 0.326 e. The van der Waals surface area contributed by atoms with Crippen molar-refractivity contribution in [2.45, 2.75) is 89.6 Å². The molecule has 1 rings (SSSR count). The number of aliphatic carboxylic acids is 2. The monoisotopic (exact) mass is 636 g/mol. The summed E-state index contributed by atoms with van der Waals surface area (Å²) in [6.07, 6.45) is -0.757. The van der Waals surface area contributed by atoms with Crippen molar-refractivity contribution in [1.82, 2.24) is 26.6 Å². The Kier molecular flexibility index (Phi) is 16.2. The minimum Gasteiger partial charge on any atom is -0.481 e. The van der Waals surface area contributed by atoms with E-state index >= 15 is 0 Å². The molecule has 0 heterocycles. The number of carboxylic acids is 2. The van der Waals surface area contributed by atoms with Crippen molar-refractivity contribution >= 4 is 41.5 Å². The van der Waals surface area contributed by atoms with Gasteiger partial charge in [-0.3, -0.25) is 28.8 Å². The van der Waals surface area contributed by atoms with Crippen LogP contribution in [0.15, 0.2) is 30.3 Å². The second kappa shape index (κ2) is 19.0. The Morgan fingerprint density at radius 2 is 1.18 bits per heavy atom. The van der Waals surface area contributed by atoms with E-state index in [4.69, 9.17) is 15.9 Å². The summed E-state index contributed by atoms with van der Waals surface area (Å²) in [6.45, 7) is 5.79. The zero-order valence-corrected chi connectivity index (χ0v) is 25.7. The number of hydrogen-bond donors (Lipinski definition) is 9. The number of carbonyl (C=O) groups excluding carboxylic acids is 5. The van der Waals surface area contributed by atoms with Gasteiger partial charge in [0.15, 0.2) is 0 Å². The molecule has 45 heavy (non-hydrogen) atoms. The van der Waals surface area contributed by atoms with Crippen LogP contribution in [0.1, 0.15) is 52.5 Å². The van der Waals surface area contributed by atoms with Gasteiger partial charge in [-0.05, 0) is 38.2 Å². The second-order valence-corrected chi connectivity index (χ2v) is 11.0. The lowest BCUT2D eigenvalue weighted by Crippen LogP contribution is -2.58. The average Bonchev–Trinajstić information content (AvgIpc) is 2.95. The van der Waals surface area contributed by atoms with Crippen molar-refractivity contribution in [1.29, 1.82) is 0 Å². The van der Waals surface area contributed by atoms with Gasteiger partial charge in [0.1, 0.15) is 30.2 Å². The molecule has 5 amide bonds. The number of aliphatic hydroxyl groups is 1. The third-order valence-electron chi connectivity index (χ3n) is 6.53. The van der Waals surface area contributed by atoms with Gasteiger partial charge in [0.25, 0.3) is 0 Å². The van der Waals surface area contributed by atoms with Crippen LogP contribution < -0.4 is 32.3 Å². The van der Waals surface area contributed by atoms with E-state index in [1.807, 2.05) is 0 Å². The normalized spacial score (nSPS) is 14.9. The molecule has 0 spiro atoms. The lowest BCUT2D eigenvalue weighted by molar-refractivity contribution is -0.143. The van der Waals surface area contributed by atoms with E-state index in [1.165, 1.54) is 13.8 Å². The van der Waals surface area contributed by atoms with Gasteiger partial charge in [-0.25, -0.2) is 4.79 Å². The van der Waals surface area contributed by atoms with E-state index in [0.29, 0.717) is 5.56 Å². The molecule has 0 radical (unpaired) electrons. The van der Waals surface area contributed by atoms with Gasteiger partial charge in [-0.2, -0.15) is 0 Å². The smallest absolute Gasteiger partial charge is 0.326 e. The first-order valence-corrected chi connectivity index (χ1v) is 14.4. The lowest BCUT2D eigenvalue weighted by atomic mass is 10.0. The zero-order valence-electron chi connectivity index (χ0n) is 25.7. The Hall–Kier alpha value is -4.57. The molecule has 10 N–H and O–H groups in total. The quantitative estimate of drug-likeness (QED) is 0.0802. The molecule has 0 unspecified atom stereocenters. The molecule has 6 atom stereocenters. The van der Waals surface area contributed by atoms with Crippen molar-refractivity contribution in [2.75, 3.05) is 6.61 Å². The Morgan fingerprint density at radius 3 is 1.69 bits per heavy atom. The van der Waals surface area contributed by atoms with Gasteiger partial charge < -0.3 is 47.6 Å². The van der Waals surface area contributed by atoms with E-state index in [2.05, 4.69) is 26.6 Å². The molecule has 16 heteroatoms. The molecule has 1 aromatic rings. The first-order valence-electron chi connectivity index (χ1n) is 14.4. The fourth-order valence-corrected chi connectivity index (χ4v) is 4.04. The van der Waals surface area contributed by atoms with Crippen molar-refractivity contribution in [3.8, 4) is 0 Å². The van der Waals surface area contributed by atoms with E-state index in [-0.39, 0.29) is 25.2 Å². The highest BCUT2D eigenvalue weighted by Crippen LogP contribution is 2.08. The van der Waals surface area contributed by atoms with Crippen molar-refractivity contribution in [3.05, 3.63) is 35.9 Å². The first-order chi connectivity index (χ1) is 21.0. The fraction of sp³-hybridized carbons (Fsp3) is 0.552. The Balaban J connectivity index is 2.94. The molecule has 0 bridgehead atoms. The van der Waals surface area contributed by atoms with Gasteiger partial charge >= 0.3 is 11.9 Å². The average molecular weight is 637 g/mol. The third-order valence-corrected chi connectivity index (χ3v) is 6.53. The topological polar surface area (TPSA) is 266 Å². The van der Waals surface area contributed by atoms with Crippen LogP contribution in [0.25, 0.3) is 0 Å². The molecule has 0 aliphatic heterocycles. The summed E-state index contributed by atoms with van der Waals surface area (Å²) in [7, 11) is 0. The maximum absolute atomic E-state index is 13.1. The number of nitrogens with one attached hydrogen (secondary N) is 5. The maximum atomic E-state index is 13.1. The summed E-state index contributed by atoms with van der Waals surface area (Å²) in [5.74, 6) is -6.90. The first kappa shape index (κ1) is 38.5. The van der Waals surface area contributed by atoms with Crippen LogP contribution >= 0.6 is 0 Å². The summed E-state index contributed by atoms with van der Waals surface area (Å²) < 4.78 is 0. The van der Waals surface area contributed by atoms with E-state index in [9.17, 15) is 38.7 Å². The number of carbonyl (C=O) groups is 7. The summed E-state index contributed by atoms with van der Waals surface area (Å²) in [5.41, 5.74) is 6.27. The van der Waals surface area contributed by atoms with Gasteiger partial charge in [0, 0.05) is 13.0 Å². The number of hydrogen-bond acceptors (Lipinski definition) is 9. The molecule has 16 nitrogen and oxygen atoms in total. The molecule has 0 aliphatic carbocycles.